The number of furan rings is 1. The summed E-state index contributed by atoms with van der Waals surface area (Å²) in [5, 5.41) is 2.60. The lowest BCUT2D eigenvalue weighted by Crippen LogP contribution is -2.28. The van der Waals surface area contributed by atoms with Crippen molar-refractivity contribution in [3.05, 3.63) is 89.4 Å². The number of hydrogen-bond acceptors (Lipinski definition) is 5. The van der Waals surface area contributed by atoms with E-state index < -0.39 is 0 Å². The number of carbonyl (C=O) groups is 2. The van der Waals surface area contributed by atoms with Crippen molar-refractivity contribution in [2.24, 2.45) is 0 Å². The molecule has 7 nitrogen and oxygen atoms in total. The third-order valence-electron chi connectivity index (χ3n) is 4.90. The Morgan fingerprint density at radius 1 is 1.03 bits per heavy atom. The maximum absolute atomic E-state index is 13.1. The van der Waals surface area contributed by atoms with Crippen molar-refractivity contribution in [1.29, 1.82) is 0 Å². The summed E-state index contributed by atoms with van der Waals surface area (Å²) >= 11 is 0. The standard InChI is InChI=1S/C25H26N2O5/c1-26-25(29)20-8-6-18(7-9-20)16-27(17-22-5-4-14-32-22)24(28)13-11-19-10-12-21(30-2)15-23(19)31-3/h4-15H,16-17H2,1-3H3,(H,26,29)/b13-11+. The number of hydrogen-bond donors (Lipinski definition) is 1. The third kappa shape index (κ3) is 5.78. The van der Waals surface area contributed by atoms with Crippen molar-refractivity contribution in [3.63, 3.8) is 0 Å². The van der Waals surface area contributed by atoms with Gasteiger partial charge in [0.15, 0.2) is 0 Å². The average molecular weight is 434 g/mol. The molecule has 32 heavy (non-hydrogen) atoms. The molecule has 2 amide bonds. The molecule has 0 spiro atoms. The van der Waals surface area contributed by atoms with Crippen LogP contribution in [0.4, 0.5) is 0 Å². The monoisotopic (exact) mass is 434 g/mol. The van der Waals surface area contributed by atoms with Gasteiger partial charge in [0, 0.05) is 36.9 Å². The molecule has 0 aliphatic heterocycles. The second-order valence-electron chi connectivity index (χ2n) is 6.99. The molecule has 0 unspecified atom stereocenters. The lowest BCUT2D eigenvalue weighted by Gasteiger charge is -2.20. The third-order valence-corrected chi connectivity index (χ3v) is 4.90. The second-order valence-corrected chi connectivity index (χ2v) is 6.99. The van der Waals surface area contributed by atoms with Gasteiger partial charge in [-0.25, -0.2) is 0 Å². The Labute approximate surface area is 187 Å². The van der Waals surface area contributed by atoms with E-state index >= 15 is 0 Å². The van der Waals surface area contributed by atoms with Crippen LogP contribution in [-0.4, -0.2) is 38.0 Å². The molecule has 0 atom stereocenters. The maximum Gasteiger partial charge on any atom is 0.251 e. The molecule has 1 heterocycles. The van der Waals surface area contributed by atoms with E-state index in [1.807, 2.05) is 24.3 Å². The number of benzene rings is 2. The van der Waals surface area contributed by atoms with E-state index in [9.17, 15) is 9.59 Å². The Morgan fingerprint density at radius 3 is 2.44 bits per heavy atom. The van der Waals surface area contributed by atoms with Crippen LogP contribution in [0.1, 0.15) is 27.2 Å². The van der Waals surface area contributed by atoms with Crippen LogP contribution in [0.5, 0.6) is 11.5 Å². The number of rotatable bonds is 9. The molecule has 0 saturated heterocycles. The van der Waals surface area contributed by atoms with Gasteiger partial charge >= 0.3 is 0 Å². The van der Waals surface area contributed by atoms with E-state index in [0.29, 0.717) is 35.9 Å². The summed E-state index contributed by atoms with van der Waals surface area (Å²) in [4.78, 5) is 26.5. The Hall–Kier alpha value is -4.00. The first-order chi connectivity index (χ1) is 15.5. The zero-order chi connectivity index (χ0) is 22.9. The quantitative estimate of drug-likeness (QED) is 0.517. The lowest BCUT2D eigenvalue weighted by atomic mass is 10.1. The Bertz CT molecular complexity index is 1070. The molecule has 1 N–H and O–H groups in total. The minimum absolute atomic E-state index is 0.156. The van der Waals surface area contributed by atoms with E-state index in [2.05, 4.69) is 5.32 Å². The number of amides is 2. The summed E-state index contributed by atoms with van der Waals surface area (Å²) in [6.45, 7) is 0.671. The van der Waals surface area contributed by atoms with Crippen molar-refractivity contribution >= 4 is 17.9 Å². The van der Waals surface area contributed by atoms with Gasteiger partial charge in [0.05, 0.1) is 27.0 Å². The first-order valence-corrected chi connectivity index (χ1v) is 10.1. The molecule has 0 saturated carbocycles. The smallest absolute Gasteiger partial charge is 0.251 e. The molecule has 1 aromatic heterocycles. The van der Waals surface area contributed by atoms with Crippen molar-refractivity contribution in [3.8, 4) is 11.5 Å². The van der Waals surface area contributed by atoms with Crippen LogP contribution in [-0.2, 0) is 17.9 Å². The fourth-order valence-corrected chi connectivity index (χ4v) is 3.15. The Morgan fingerprint density at radius 2 is 1.81 bits per heavy atom. The van der Waals surface area contributed by atoms with Crippen molar-refractivity contribution in [2.45, 2.75) is 13.1 Å². The molecule has 3 rings (SSSR count). The zero-order valence-corrected chi connectivity index (χ0v) is 18.3. The number of nitrogens with zero attached hydrogens (tertiary/aromatic N) is 1. The molecule has 166 valence electrons. The van der Waals surface area contributed by atoms with Gasteiger partial charge < -0.3 is 24.1 Å². The Kier molecular flexibility index (Phi) is 7.70. The fraction of sp³-hybridized carbons (Fsp3) is 0.200. The molecular formula is C25H26N2O5. The van der Waals surface area contributed by atoms with Gasteiger partial charge in [-0.05, 0) is 48.0 Å². The van der Waals surface area contributed by atoms with Crippen LogP contribution < -0.4 is 14.8 Å². The molecule has 7 heteroatoms. The van der Waals surface area contributed by atoms with Gasteiger partial charge in [0.1, 0.15) is 17.3 Å². The van der Waals surface area contributed by atoms with Crippen LogP contribution in [0.15, 0.2) is 71.4 Å². The number of nitrogens with one attached hydrogen (secondary N) is 1. The summed E-state index contributed by atoms with van der Waals surface area (Å²) in [7, 11) is 4.74. The Balaban J connectivity index is 1.80. The van der Waals surface area contributed by atoms with E-state index in [4.69, 9.17) is 13.9 Å². The minimum atomic E-state index is -0.186. The van der Waals surface area contributed by atoms with Crippen LogP contribution >= 0.6 is 0 Å². The van der Waals surface area contributed by atoms with Gasteiger partial charge in [0.25, 0.3) is 5.91 Å². The van der Waals surface area contributed by atoms with E-state index in [-0.39, 0.29) is 11.8 Å². The van der Waals surface area contributed by atoms with E-state index in [1.165, 1.54) is 6.08 Å². The van der Waals surface area contributed by atoms with Gasteiger partial charge in [-0.15, -0.1) is 0 Å². The van der Waals surface area contributed by atoms with Gasteiger partial charge in [0.2, 0.25) is 5.91 Å². The molecular weight excluding hydrogens is 408 g/mol. The maximum atomic E-state index is 13.1. The topological polar surface area (TPSA) is 81.0 Å². The summed E-state index contributed by atoms with van der Waals surface area (Å²) < 4.78 is 16.1. The molecule has 3 aromatic rings. The zero-order valence-electron chi connectivity index (χ0n) is 18.3. The van der Waals surface area contributed by atoms with Gasteiger partial charge in [-0.2, -0.15) is 0 Å². The van der Waals surface area contributed by atoms with Gasteiger partial charge in [-0.1, -0.05) is 12.1 Å². The van der Waals surface area contributed by atoms with Crippen LogP contribution in [0.2, 0.25) is 0 Å². The predicted molar refractivity (Wildman–Crippen MR) is 121 cm³/mol. The predicted octanol–water partition coefficient (Wildman–Crippen LogP) is 3.90. The SMILES string of the molecule is CNC(=O)c1ccc(CN(Cc2ccco2)C(=O)/C=C/c2ccc(OC)cc2OC)cc1. The molecule has 0 aliphatic carbocycles. The number of carbonyl (C=O) groups excluding carboxylic acids is 2. The minimum Gasteiger partial charge on any atom is -0.497 e. The van der Waals surface area contributed by atoms with Crippen LogP contribution in [0, 0.1) is 0 Å². The summed E-state index contributed by atoms with van der Waals surface area (Å²) in [6.07, 6.45) is 4.80. The molecule has 0 bridgehead atoms. The molecule has 2 aromatic carbocycles. The highest BCUT2D eigenvalue weighted by molar-refractivity contribution is 5.94. The van der Waals surface area contributed by atoms with E-state index in [1.54, 1.807) is 68.8 Å². The van der Waals surface area contributed by atoms with Crippen molar-refractivity contribution in [2.75, 3.05) is 21.3 Å². The molecule has 0 radical (unpaired) electrons. The lowest BCUT2D eigenvalue weighted by molar-refractivity contribution is -0.127. The summed E-state index contributed by atoms with van der Waals surface area (Å²) in [5.41, 5.74) is 2.22. The fourth-order valence-electron chi connectivity index (χ4n) is 3.15. The van der Waals surface area contributed by atoms with Crippen LogP contribution in [0.3, 0.4) is 0 Å². The highest BCUT2D eigenvalue weighted by atomic mass is 16.5. The summed E-state index contributed by atoms with van der Waals surface area (Å²) in [5.74, 6) is 1.61. The van der Waals surface area contributed by atoms with Crippen molar-refractivity contribution in [1.82, 2.24) is 10.2 Å². The average Bonchev–Trinajstić information content (AvgIpc) is 3.35. The van der Waals surface area contributed by atoms with Crippen molar-refractivity contribution < 1.29 is 23.5 Å². The molecule has 0 aliphatic rings. The normalized spacial score (nSPS) is 10.7. The van der Waals surface area contributed by atoms with E-state index in [0.717, 1.165) is 11.1 Å². The van der Waals surface area contributed by atoms with Crippen LogP contribution in [0.25, 0.3) is 6.08 Å². The second kappa shape index (κ2) is 10.9. The number of ether oxygens (including phenoxy) is 2. The van der Waals surface area contributed by atoms with Gasteiger partial charge in [-0.3, -0.25) is 9.59 Å². The number of methoxy groups -OCH3 is 2. The first kappa shape index (κ1) is 22.7. The molecule has 0 fully saturated rings. The highest BCUT2D eigenvalue weighted by Crippen LogP contribution is 2.25. The first-order valence-electron chi connectivity index (χ1n) is 10.1. The summed E-state index contributed by atoms with van der Waals surface area (Å²) in [6, 6.07) is 16.2. The largest absolute Gasteiger partial charge is 0.497 e. The highest BCUT2D eigenvalue weighted by Gasteiger charge is 2.15.